The SMILES string of the molecule is Cc1ccc(-c2ccc(/C=N/Nc3ccc(S(N)(=O)=O)cc3)o2)c([N+](=O)[O-])c1. The Morgan fingerprint density at radius 2 is 1.86 bits per heavy atom. The maximum Gasteiger partial charge on any atom is 0.280 e. The lowest BCUT2D eigenvalue weighted by Gasteiger charge is -2.02. The van der Waals surface area contributed by atoms with E-state index in [1.165, 1.54) is 36.5 Å². The second-order valence-corrected chi connectivity index (χ2v) is 7.48. The molecule has 0 atom stereocenters. The normalized spacial score (nSPS) is 11.6. The molecule has 0 saturated carbocycles. The average Bonchev–Trinajstić information content (AvgIpc) is 3.10. The Bertz CT molecular complexity index is 1150. The van der Waals surface area contributed by atoms with Crippen LogP contribution >= 0.6 is 0 Å². The number of hydrazone groups is 1. The van der Waals surface area contributed by atoms with Crippen LogP contribution in [0.3, 0.4) is 0 Å². The van der Waals surface area contributed by atoms with Crippen molar-refractivity contribution in [2.75, 3.05) is 5.43 Å². The number of furan rings is 1. The molecule has 0 unspecified atom stereocenters. The number of nitrogens with one attached hydrogen (secondary N) is 1. The molecule has 0 aliphatic heterocycles. The lowest BCUT2D eigenvalue weighted by atomic mass is 10.1. The summed E-state index contributed by atoms with van der Waals surface area (Å²) in [6, 6.07) is 13.9. The minimum Gasteiger partial charge on any atom is -0.455 e. The van der Waals surface area contributed by atoms with Crippen LogP contribution < -0.4 is 10.6 Å². The van der Waals surface area contributed by atoms with Crippen LogP contribution in [0.2, 0.25) is 0 Å². The maximum atomic E-state index is 11.3. The van der Waals surface area contributed by atoms with Crippen molar-refractivity contribution < 1.29 is 17.8 Å². The number of nitro groups is 1. The van der Waals surface area contributed by atoms with Gasteiger partial charge >= 0.3 is 0 Å². The molecule has 0 fully saturated rings. The number of hydrogen-bond donors (Lipinski definition) is 2. The molecule has 28 heavy (non-hydrogen) atoms. The van der Waals surface area contributed by atoms with E-state index in [4.69, 9.17) is 9.56 Å². The van der Waals surface area contributed by atoms with Gasteiger partial charge in [-0.2, -0.15) is 5.10 Å². The predicted octanol–water partition coefficient (Wildman–Crippen LogP) is 3.26. The van der Waals surface area contributed by atoms with Gasteiger partial charge in [0.25, 0.3) is 5.69 Å². The number of sulfonamides is 1. The van der Waals surface area contributed by atoms with Gasteiger partial charge in [0.2, 0.25) is 10.0 Å². The first-order valence-electron chi connectivity index (χ1n) is 8.01. The molecule has 1 heterocycles. The molecule has 2 aromatic carbocycles. The van der Waals surface area contributed by atoms with Gasteiger partial charge in [-0.25, -0.2) is 13.6 Å². The van der Waals surface area contributed by atoms with Crippen molar-refractivity contribution >= 4 is 27.6 Å². The van der Waals surface area contributed by atoms with Crippen molar-refractivity contribution in [2.24, 2.45) is 10.2 Å². The van der Waals surface area contributed by atoms with E-state index in [0.29, 0.717) is 22.8 Å². The van der Waals surface area contributed by atoms with Gasteiger partial charge in [0.05, 0.1) is 27.3 Å². The highest BCUT2D eigenvalue weighted by Crippen LogP contribution is 2.31. The van der Waals surface area contributed by atoms with Crippen LogP contribution in [0.1, 0.15) is 11.3 Å². The summed E-state index contributed by atoms with van der Waals surface area (Å²) in [5, 5.41) is 20.3. The third-order valence-electron chi connectivity index (χ3n) is 3.81. The molecule has 0 saturated heterocycles. The highest BCUT2D eigenvalue weighted by atomic mass is 32.2. The molecule has 1 aromatic heterocycles. The molecule has 0 aliphatic carbocycles. The molecule has 3 aromatic rings. The molecule has 144 valence electrons. The quantitative estimate of drug-likeness (QED) is 0.370. The van der Waals surface area contributed by atoms with Crippen molar-refractivity contribution in [1.29, 1.82) is 0 Å². The third kappa shape index (κ3) is 4.42. The number of nitrogens with zero attached hydrogens (tertiary/aromatic N) is 2. The first-order valence-corrected chi connectivity index (χ1v) is 9.56. The van der Waals surface area contributed by atoms with Crippen LogP contribution in [0.5, 0.6) is 0 Å². The van der Waals surface area contributed by atoms with Gasteiger partial charge in [-0.05, 0) is 55.0 Å². The zero-order valence-electron chi connectivity index (χ0n) is 14.7. The van der Waals surface area contributed by atoms with Gasteiger partial charge in [0.15, 0.2) is 0 Å². The second kappa shape index (κ2) is 7.62. The van der Waals surface area contributed by atoms with Crippen molar-refractivity contribution in [3.8, 4) is 11.3 Å². The van der Waals surface area contributed by atoms with Crippen molar-refractivity contribution in [3.05, 3.63) is 76.0 Å². The minimum absolute atomic E-state index is 0.00241. The summed E-state index contributed by atoms with van der Waals surface area (Å²) in [7, 11) is -3.75. The second-order valence-electron chi connectivity index (χ2n) is 5.92. The summed E-state index contributed by atoms with van der Waals surface area (Å²) in [4.78, 5) is 10.8. The Kier molecular flexibility index (Phi) is 5.25. The highest BCUT2D eigenvalue weighted by molar-refractivity contribution is 7.89. The number of primary sulfonamides is 1. The molecule has 0 radical (unpaired) electrons. The van der Waals surface area contributed by atoms with Crippen LogP contribution in [-0.4, -0.2) is 19.6 Å². The van der Waals surface area contributed by atoms with E-state index in [0.717, 1.165) is 5.56 Å². The van der Waals surface area contributed by atoms with Crippen LogP contribution in [0.4, 0.5) is 11.4 Å². The number of rotatable bonds is 6. The summed E-state index contributed by atoms with van der Waals surface area (Å²) in [6.07, 6.45) is 1.40. The summed E-state index contributed by atoms with van der Waals surface area (Å²) >= 11 is 0. The maximum absolute atomic E-state index is 11.3. The number of hydrogen-bond acceptors (Lipinski definition) is 7. The average molecular weight is 400 g/mol. The standard InChI is InChI=1S/C18H16N4O5S/c1-12-2-8-16(17(10-12)22(23)24)18-9-5-14(27-18)11-20-21-13-3-6-15(7-4-13)28(19,25)26/h2-11,21H,1H3,(H2,19,25,26)/b20-11+. The molecule has 3 N–H and O–H groups in total. The van der Waals surface area contributed by atoms with Crippen molar-refractivity contribution in [2.45, 2.75) is 11.8 Å². The fourth-order valence-electron chi connectivity index (χ4n) is 2.46. The first kappa shape index (κ1) is 19.3. The van der Waals surface area contributed by atoms with Gasteiger partial charge in [-0.15, -0.1) is 0 Å². The monoisotopic (exact) mass is 400 g/mol. The Labute approximate surface area is 160 Å². The number of benzene rings is 2. The number of nitrogens with two attached hydrogens (primary N) is 1. The van der Waals surface area contributed by atoms with Crippen LogP contribution in [0.15, 0.2) is 69.0 Å². The summed E-state index contributed by atoms with van der Waals surface area (Å²) in [6.45, 7) is 1.78. The fourth-order valence-corrected chi connectivity index (χ4v) is 2.97. The lowest BCUT2D eigenvalue weighted by molar-refractivity contribution is -0.384. The molecular weight excluding hydrogens is 384 g/mol. The molecular formula is C18H16N4O5S. The van der Waals surface area contributed by atoms with E-state index in [-0.39, 0.29) is 10.6 Å². The van der Waals surface area contributed by atoms with Gasteiger partial charge in [-0.1, -0.05) is 6.07 Å². The number of nitro benzene ring substituents is 1. The zero-order valence-corrected chi connectivity index (χ0v) is 15.5. The smallest absolute Gasteiger partial charge is 0.280 e. The van der Waals surface area contributed by atoms with E-state index in [9.17, 15) is 18.5 Å². The van der Waals surface area contributed by atoms with E-state index in [2.05, 4.69) is 10.5 Å². The van der Waals surface area contributed by atoms with E-state index in [1.807, 2.05) is 0 Å². The van der Waals surface area contributed by atoms with Crippen LogP contribution in [-0.2, 0) is 10.0 Å². The van der Waals surface area contributed by atoms with Crippen molar-refractivity contribution in [1.82, 2.24) is 0 Å². The molecule has 0 amide bonds. The molecule has 0 bridgehead atoms. The Balaban J connectivity index is 1.74. The molecule has 3 rings (SSSR count). The summed E-state index contributed by atoms with van der Waals surface area (Å²) in [5.41, 5.74) is 4.39. The molecule has 0 spiro atoms. The zero-order chi connectivity index (χ0) is 20.3. The van der Waals surface area contributed by atoms with E-state index < -0.39 is 14.9 Å². The van der Waals surface area contributed by atoms with E-state index >= 15 is 0 Å². The van der Waals surface area contributed by atoms with Crippen molar-refractivity contribution in [3.63, 3.8) is 0 Å². The fraction of sp³-hybridized carbons (Fsp3) is 0.0556. The molecule has 0 aliphatic rings. The Morgan fingerprint density at radius 1 is 1.14 bits per heavy atom. The highest BCUT2D eigenvalue weighted by Gasteiger charge is 2.18. The van der Waals surface area contributed by atoms with E-state index in [1.54, 1.807) is 31.2 Å². The van der Waals surface area contributed by atoms with Gasteiger partial charge in [0.1, 0.15) is 11.5 Å². The van der Waals surface area contributed by atoms with Gasteiger partial charge < -0.3 is 4.42 Å². The minimum atomic E-state index is -3.75. The van der Waals surface area contributed by atoms with Crippen LogP contribution in [0.25, 0.3) is 11.3 Å². The van der Waals surface area contributed by atoms with Gasteiger partial charge in [0, 0.05) is 6.07 Å². The Hall–Kier alpha value is -3.50. The first-order chi connectivity index (χ1) is 13.2. The lowest BCUT2D eigenvalue weighted by Crippen LogP contribution is -2.11. The third-order valence-corrected chi connectivity index (χ3v) is 4.74. The molecule has 9 nitrogen and oxygen atoms in total. The number of aryl methyl sites for hydroxylation is 1. The summed E-state index contributed by atoms with van der Waals surface area (Å²) in [5.74, 6) is 0.740. The summed E-state index contributed by atoms with van der Waals surface area (Å²) < 4.78 is 28.1. The Morgan fingerprint density at radius 3 is 2.50 bits per heavy atom. The molecule has 10 heteroatoms. The number of anilines is 1. The van der Waals surface area contributed by atoms with Crippen LogP contribution in [0, 0.1) is 17.0 Å². The predicted molar refractivity (Wildman–Crippen MR) is 105 cm³/mol. The van der Waals surface area contributed by atoms with Gasteiger partial charge in [-0.3, -0.25) is 15.5 Å². The topological polar surface area (TPSA) is 141 Å². The largest absolute Gasteiger partial charge is 0.455 e.